The van der Waals surface area contributed by atoms with Gasteiger partial charge in [-0.3, -0.25) is 14.9 Å². The van der Waals surface area contributed by atoms with Crippen molar-refractivity contribution >= 4 is 15.8 Å². The van der Waals surface area contributed by atoms with E-state index in [1.54, 1.807) is 30.3 Å². The minimum absolute atomic E-state index is 0.0487. The average molecular weight is 676 g/mol. The first kappa shape index (κ1) is 34.9. The molecule has 0 N–H and O–H groups in total. The zero-order valence-corrected chi connectivity index (χ0v) is 27.1. The van der Waals surface area contributed by atoms with Crippen LogP contribution in [-0.2, 0) is 58.1 Å². The van der Waals surface area contributed by atoms with Gasteiger partial charge in [0.25, 0.3) is 6.04 Å². The SMILES string of the molecule is COC(=O)C([C@@H]1O[C@H](COCc2ccccc2)[C@H](OCc2ccccc2)[C@H](OCc2ccccc2)[C@H]1[N+](=O)[O-])S(=O)(=O)c1ccccc1. The second-order valence-electron chi connectivity index (χ2n) is 11.2. The Bertz CT molecular complexity index is 1710. The van der Waals surface area contributed by atoms with Crippen LogP contribution in [0.5, 0.6) is 0 Å². The minimum atomic E-state index is -4.57. The molecule has 0 saturated carbocycles. The lowest BCUT2D eigenvalue weighted by atomic mass is 9.90. The standard InChI is InChI=1S/C36H37NO10S/c1-43-36(38)35(48(41,42)29-20-12-5-13-21-29)34-31(37(39)40)33(46-24-28-18-10-4-11-19-28)32(45-23-27-16-8-3-9-17-27)30(47-34)25-44-22-26-14-6-2-7-15-26/h2-21,30-35H,22-25H2,1H3/t30-,31-,32+,33-,34-,35?/m1/s1. The average Bonchev–Trinajstić information content (AvgIpc) is 3.11. The quantitative estimate of drug-likeness (QED) is 0.0980. The summed E-state index contributed by atoms with van der Waals surface area (Å²) in [6, 6.07) is 33.0. The summed E-state index contributed by atoms with van der Waals surface area (Å²) >= 11 is 0. The molecular weight excluding hydrogens is 638 g/mol. The number of esters is 1. The molecule has 1 aliphatic rings. The highest BCUT2D eigenvalue weighted by molar-refractivity contribution is 7.92. The third kappa shape index (κ3) is 8.52. The Hall–Kier alpha value is -4.46. The van der Waals surface area contributed by atoms with Crippen molar-refractivity contribution in [1.82, 2.24) is 0 Å². The molecule has 5 rings (SSSR count). The molecule has 0 bridgehead atoms. The van der Waals surface area contributed by atoms with Gasteiger partial charge in [0.05, 0.1) is 38.4 Å². The van der Waals surface area contributed by atoms with Crippen molar-refractivity contribution in [1.29, 1.82) is 0 Å². The van der Waals surface area contributed by atoms with Crippen LogP contribution in [0, 0.1) is 10.1 Å². The van der Waals surface area contributed by atoms with Gasteiger partial charge in [0, 0.05) is 4.92 Å². The second-order valence-corrected chi connectivity index (χ2v) is 13.3. The van der Waals surface area contributed by atoms with Crippen LogP contribution in [0.1, 0.15) is 16.7 Å². The van der Waals surface area contributed by atoms with E-state index in [4.69, 9.17) is 23.7 Å². The van der Waals surface area contributed by atoms with E-state index in [2.05, 4.69) is 0 Å². The molecular formula is C36H37NO10S. The maximum atomic E-state index is 14.1. The molecule has 0 aliphatic carbocycles. The summed E-state index contributed by atoms with van der Waals surface area (Å²) in [5, 5.41) is 10.9. The number of nitro groups is 1. The lowest BCUT2D eigenvalue weighted by Crippen LogP contribution is -2.67. The lowest BCUT2D eigenvalue weighted by molar-refractivity contribution is -0.561. The Balaban J connectivity index is 1.57. The zero-order valence-electron chi connectivity index (χ0n) is 26.3. The summed E-state index contributed by atoms with van der Waals surface area (Å²) < 4.78 is 58.1. The van der Waals surface area contributed by atoms with Gasteiger partial charge in [-0.25, -0.2) is 8.42 Å². The summed E-state index contributed by atoms with van der Waals surface area (Å²) in [6.45, 7) is 0.0141. The van der Waals surface area contributed by atoms with E-state index in [9.17, 15) is 23.3 Å². The normalized spacial score (nSPS) is 21.6. The molecule has 1 aliphatic heterocycles. The lowest BCUT2D eigenvalue weighted by Gasteiger charge is -2.44. The number of methoxy groups -OCH3 is 1. The third-order valence-electron chi connectivity index (χ3n) is 8.04. The molecule has 1 saturated heterocycles. The van der Waals surface area contributed by atoms with Crippen molar-refractivity contribution in [3.8, 4) is 0 Å². The van der Waals surface area contributed by atoms with Gasteiger partial charge in [0.15, 0.2) is 27.3 Å². The fraction of sp³-hybridized carbons (Fsp3) is 0.306. The van der Waals surface area contributed by atoms with Crippen LogP contribution in [0.2, 0.25) is 0 Å². The molecule has 0 amide bonds. The first-order chi connectivity index (χ1) is 23.3. The van der Waals surface area contributed by atoms with Crippen molar-refractivity contribution in [2.45, 2.75) is 60.4 Å². The molecule has 12 heteroatoms. The zero-order chi connectivity index (χ0) is 33.9. The van der Waals surface area contributed by atoms with Crippen molar-refractivity contribution in [3.05, 3.63) is 148 Å². The van der Waals surface area contributed by atoms with E-state index in [-0.39, 0.29) is 31.3 Å². The number of carbonyl (C=O) groups is 1. The molecule has 4 aromatic carbocycles. The number of ether oxygens (including phenoxy) is 5. The number of benzene rings is 4. The first-order valence-electron chi connectivity index (χ1n) is 15.4. The number of hydrogen-bond acceptors (Lipinski definition) is 10. The number of hydrogen-bond donors (Lipinski definition) is 0. The minimum Gasteiger partial charge on any atom is -0.468 e. The number of sulfone groups is 1. The van der Waals surface area contributed by atoms with Gasteiger partial charge >= 0.3 is 5.97 Å². The maximum Gasteiger partial charge on any atom is 0.327 e. The summed E-state index contributed by atoms with van der Waals surface area (Å²) in [5.74, 6) is -1.20. The Morgan fingerprint density at radius 3 is 1.69 bits per heavy atom. The van der Waals surface area contributed by atoms with Crippen LogP contribution >= 0.6 is 0 Å². The molecule has 48 heavy (non-hydrogen) atoms. The molecule has 0 spiro atoms. The van der Waals surface area contributed by atoms with E-state index >= 15 is 0 Å². The highest BCUT2D eigenvalue weighted by Gasteiger charge is 2.61. The van der Waals surface area contributed by atoms with E-state index in [1.807, 2.05) is 66.7 Å². The Morgan fingerprint density at radius 2 is 1.21 bits per heavy atom. The summed E-state index contributed by atoms with van der Waals surface area (Å²) in [4.78, 5) is 25.5. The maximum absolute atomic E-state index is 14.1. The van der Waals surface area contributed by atoms with Crippen molar-refractivity contribution in [2.75, 3.05) is 13.7 Å². The van der Waals surface area contributed by atoms with Crippen LogP contribution in [-0.4, -0.2) is 68.7 Å². The number of nitrogens with zero attached hydrogens (tertiary/aromatic N) is 1. The Kier molecular flexibility index (Phi) is 12.0. The summed E-state index contributed by atoms with van der Waals surface area (Å²) in [5.41, 5.74) is 2.38. The molecule has 1 unspecified atom stereocenters. The first-order valence-corrected chi connectivity index (χ1v) is 16.9. The second kappa shape index (κ2) is 16.6. The molecule has 0 radical (unpaired) electrons. The van der Waals surface area contributed by atoms with Gasteiger partial charge in [-0.2, -0.15) is 0 Å². The van der Waals surface area contributed by atoms with Crippen LogP contribution < -0.4 is 0 Å². The number of carbonyl (C=O) groups excluding carboxylic acids is 1. The fourth-order valence-electron chi connectivity index (χ4n) is 5.68. The summed E-state index contributed by atoms with van der Waals surface area (Å²) in [6.07, 6.45) is -5.39. The molecule has 1 fully saturated rings. The van der Waals surface area contributed by atoms with Gasteiger partial charge in [0.1, 0.15) is 12.2 Å². The smallest absolute Gasteiger partial charge is 0.327 e. The largest absolute Gasteiger partial charge is 0.468 e. The van der Waals surface area contributed by atoms with Crippen molar-refractivity contribution in [2.24, 2.45) is 0 Å². The Labute approximate surface area is 279 Å². The van der Waals surface area contributed by atoms with E-state index in [1.165, 1.54) is 24.3 Å². The van der Waals surface area contributed by atoms with Crippen molar-refractivity contribution in [3.63, 3.8) is 0 Å². The van der Waals surface area contributed by atoms with Crippen LogP contribution in [0.4, 0.5) is 0 Å². The molecule has 0 aromatic heterocycles. The highest BCUT2D eigenvalue weighted by atomic mass is 32.2. The third-order valence-corrected chi connectivity index (χ3v) is 10.1. The predicted molar refractivity (Wildman–Crippen MR) is 175 cm³/mol. The molecule has 6 atom stereocenters. The van der Waals surface area contributed by atoms with Gasteiger partial charge in [-0.1, -0.05) is 109 Å². The highest BCUT2D eigenvalue weighted by Crippen LogP contribution is 2.35. The summed E-state index contributed by atoms with van der Waals surface area (Å²) in [7, 11) is -3.55. The topological polar surface area (TPSA) is 140 Å². The molecule has 252 valence electrons. The van der Waals surface area contributed by atoms with E-state index in [0.29, 0.717) is 0 Å². The van der Waals surface area contributed by atoms with Crippen molar-refractivity contribution < 1.29 is 41.8 Å². The van der Waals surface area contributed by atoms with Gasteiger partial charge in [0.2, 0.25) is 0 Å². The molecule has 11 nitrogen and oxygen atoms in total. The fourth-order valence-corrected chi connectivity index (χ4v) is 7.44. The predicted octanol–water partition coefficient (Wildman–Crippen LogP) is 4.80. The monoisotopic (exact) mass is 675 g/mol. The number of rotatable bonds is 15. The van der Waals surface area contributed by atoms with Crippen LogP contribution in [0.3, 0.4) is 0 Å². The van der Waals surface area contributed by atoms with E-state index in [0.717, 1.165) is 23.8 Å². The van der Waals surface area contributed by atoms with Crippen LogP contribution in [0.25, 0.3) is 0 Å². The van der Waals surface area contributed by atoms with Gasteiger partial charge < -0.3 is 23.7 Å². The Morgan fingerprint density at radius 1 is 0.750 bits per heavy atom. The molecule has 4 aromatic rings. The molecule has 1 heterocycles. The van der Waals surface area contributed by atoms with Gasteiger partial charge in [-0.05, 0) is 28.8 Å². The van der Waals surface area contributed by atoms with E-state index < -0.39 is 56.4 Å². The van der Waals surface area contributed by atoms with Crippen LogP contribution in [0.15, 0.2) is 126 Å². The van der Waals surface area contributed by atoms with Gasteiger partial charge in [-0.15, -0.1) is 0 Å².